The Morgan fingerprint density at radius 1 is 1.00 bits per heavy atom. The predicted octanol–water partition coefficient (Wildman–Crippen LogP) is 7.25. The number of rotatable bonds is 8. The van der Waals surface area contributed by atoms with E-state index in [1.165, 1.54) is 16.0 Å². The first-order valence-corrected chi connectivity index (χ1v) is 14.7. The highest BCUT2D eigenvalue weighted by Crippen LogP contribution is 2.46. The first kappa shape index (κ1) is 26.3. The molecule has 6 nitrogen and oxygen atoms in total. The number of methoxy groups -OCH3 is 2. The minimum Gasteiger partial charge on any atom is -0.493 e. The van der Waals surface area contributed by atoms with Crippen LogP contribution in [-0.4, -0.2) is 36.6 Å². The second kappa shape index (κ2) is 11.6. The Hall–Kier alpha value is -3.98. The molecule has 1 aliphatic rings. The molecule has 0 saturated heterocycles. The van der Waals surface area contributed by atoms with Gasteiger partial charge < -0.3 is 14.8 Å². The van der Waals surface area contributed by atoms with Gasteiger partial charge in [-0.15, -0.1) is 22.7 Å². The molecule has 6 rings (SSSR count). The van der Waals surface area contributed by atoms with Crippen LogP contribution in [0.25, 0.3) is 26.9 Å². The summed E-state index contributed by atoms with van der Waals surface area (Å²) in [5, 5.41) is 4.99. The van der Waals surface area contributed by atoms with Crippen molar-refractivity contribution < 1.29 is 14.3 Å². The number of aromatic nitrogens is 1. The molecule has 0 saturated carbocycles. The highest BCUT2D eigenvalue weighted by molar-refractivity contribution is 7.23. The maximum atomic E-state index is 13.2. The number of ether oxygens (including phenoxy) is 2. The third-order valence-corrected chi connectivity index (χ3v) is 9.15. The number of benzene rings is 3. The lowest BCUT2D eigenvalue weighted by molar-refractivity contribution is -0.111. The Bertz CT molecular complexity index is 1660. The smallest absolute Gasteiger partial charge is 0.249 e. The van der Waals surface area contributed by atoms with Crippen LogP contribution in [0.5, 0.6) is 11.5 Å². The lowest BCUT2D eigenvalue weighted by Gasteiger charge is -2.27. The van der Waals surface area contributed by atoms with Crippen molar-refractivity contribution in [2.45, 2.75) is 19.5 Å². The van der Waals surface area contributed by atoms with E-state index in [1.54, 1.807) is 49.0 Å². The summed E-state index contributed by atoms with van der Waals surface area (Å²) in [4.78, 5) is 21.9. The van der Waals surface area contributed by atoms with E-state index in [-0.39, 0.29) is 5.91 Å². The maximum absolute atomic E-state index is 13.2. The lowest BCUT2D eigenvalue weighted by atomic mass is 10.0. The first-order chi connectivity index (χ1) is 19.6. The van der Waals surface area contributed by atoms with Crippen LogP contribution >= 0.6 is 22.7 Å². The molecule has 40 heavy (non-hydrogen) atoms. The monoisotopic (exact) mass is 567 g/mol. The number of thiazole rings is 1. The Morgan fingerprint density at radius 3 is 2.60 bits per heavy atom. The molecule has 0 unspecified atom stereocenters. The molecule has 2 aromatic heterocycles. The normalized spacial score (nSPS) is 13.4. The molecule has 5 aromatic rings. The number of nitrogens with one attached hydrogen (secondary N) is 1. The molecule has 1 amide bonds. The van der Waals surface area contributed by atoms with Crippen molar-refractivity contribution in [1.29, 1.82) is 0 Å². The molecule has 3 heterocycles. The third kappa shape index (κ3) is 5.51. The number of fused-ring (bicyclic) bond motifs is 2. The SMILES string of the molecule is COc1ccc(/C=C/C(=O)Nc2sc3c(c2-c2nc4ccccc4s2)CCN(Cc2ccccc2)C3)cc1OC. The molecule has 202 valence electrons. The van der Waals surface area contributed by atoms with Crippen LogP contribution < -0.4 is 14.8 Å². The van der Waals surface area contributed by atoms with Gasteiger partial charge in [0, 0.05) is 36.2 Å². The summed E-state index contributed by atoms with van der Waals surface area (Å²) in [7, 11) is 3.20. The Labute approximate surface area is 241 Å². The zero-order valence-corrected chi connectivity index (χ0v) is 24.0. The van der Waals surface area contributed by atoms with Crippen molar-refractivity contribution in [2.75, 3.05) is 26.1 Å². The molecular formula is C32H29N3O3S2. The second-order valence-corrected chi connectivity index (χ2v) is 11.7. The van der Waals surface area contributed by atoms with Gasteiger partial charge in [0.25, 0.3) is 0 Å². The van der Waals surface area contributed by atoms with Crippen LogP contribution in [0, 0.1) is 0 Å². The summed E-state index contributed by atoms with van der Waals surface area (Å²) in [6.45, 7) is 2.72. The summed E-state index contributed by atoms with van der Waals surface area (Å²) in [5.41, 5.74) is 5.50. The molecule has 0 aliphatic carbocycles. The number of nitrogens with zero attached hydrogens (tertiary/aromatic N) is 2. The molecule has 0 radical (unpaired) electrons. The van der Waals surface area contributed by atoms with Gasteiger partial charge in [0.05, 0.1) is 24.4 Å². The van der Waals surface area contributed by atoms with Crippen LogP contribution in [0.3, 0.4) is 0 Å². The van der Waals surface area contributed by atoms with Gasteiger partial charge in [0.15, 0.2) is 11.5 Å². The van der Waals surface area contributed by atoms with E-state index in [1.807, 2.05) is 36.4 Å². The zero-order chi connectivity index (χ0) is 27.5. The van der Waals surface area contributed by atoms with Gasteiger partial charge in [-0.3, -0.25) is 9.69 Å². The van der Waals surface area contributed by atoms with Gasteiger partial charge in [-0.25, -0.2) is 4.98 Å². The van der Waals surface area contributed by atoms with E-state index in [9.17, 15) is 4.79 Å². The summed E-state index contributed by atoms with van der Waals surface area (Å²) >= 11 is 3.34. The van der Waals surface area contributed by atoms with Gasteiger partial charge in [-0.2, -0.15) is 0 Å². The summed E-state index contributed by atoms with van der Waals surface area (Å²) in [6.07, 6.45) is 4.26. The molecule has 0 bridgehead atoms. The number of carbonyl (C=O) groups excluding carboxylic acids is 1. The van der Waals surface area contributed by atoms with Gasteiger partial charge in [-0.1, -0.05) is 48.5 Å². The molecule has 8 heteroatoms. The average molecular weight is 568 g/mol. The van der Waals surface area contributed by atoms with Crippen molar-refractivity contribution in [1.82, 2.24) is 9.88 Å². The highest BCUT2D eigenvalue weighted by Gasteiger charge is 2.27. The second-order valence-electron chi connectivity index (χ2n) is 9.58. The van der Waals surface area contributed by atoms with E-state index < -0.39 is 0 Å². The van der Waals surface area contributed by atoms with E-state index in [2.05, 4.69) is 46.6 Å². The maximum Gasteiger partial charge on any atom is 0.249 e. The number of thiophene rings is 1. The molecule has 1 N–H and O–H groups in total. The Balaban J connectivity index is 1.29. The van der Waals surface area contributed by atoms with Crippen LogP contribution in [0.2, 0.25) is 0 Å². The quantitative estimate of drug-likeness (QED) is 0.200. The molecule has 0 atom stereocenters. The van der Waals surface area contributed by atoms with Crippen LogP contribution in [-0.2, 0) is 24.3 Å². The van der Waals surface area contributed by atoms with Crippen LogP contribution in [0.4, 0.5) is 5.00 Å². The Kier molecular flexibility index (Phi) is 7.64. The third-order valence-electron chi connectivity index (χ3n) is 6.96. The van der Waals surface area contributed by atoms with Gasteiger partial charge in [0.1, 0.15) is 10.0 Å². The number of anilines is 1. The fourth-order valence-electron chi connectivity index (χ4n) is 5.01. The standard InChI is InChI=1S/C32H29N3O3S2/c1-37-25-14-12-21(18-26(25)38-2)13-15-29(36)34-32-30(31-33-24-10-6-7-11-27(24)39-31)23-16-17-35(20-28(23)40-32)19-22-8-4-3-5-9-22/h3-15,18H,16-17,19-20H2,1-2H3,(H,34,36)/b15-13+. The van der Waals surface area contributed by atoms with Crippen molar-refractivity contribution in [3.63, 3.8) is 0 Å². The van der Waals surface area contributed by atoms with E-state index in [4.69, 9.17) is 14.5 Å². The molecule has 1 aliphatic heterocycles. The van der Waals surface area contributed by atoms with Crippen molar-refractivity contribution in [3.8, 4) is 22.1 Å². The Morgan fingerprint density at radius 2 is 1.80 bits per heavy atom. The van der Waals surface area contributed by atoms with Crippen LogP contribution in [0.1, 0.15) is 21.6 Å². The van der Waals surface area contributed by atoms with Gasteiger partial charge in [-0.05, 0) is 53.5 Å². The minimum atomic E-state index is -0.183. The topological polar surface area (TPSA) is 63.7 Å². The number of amides is 1. The largest absolute Gasteiger partial charge is 0.493 e. The van der Waals surface area contributed by atoms with E-state index in [0.717, 1.165) is 57.4 Å². The summed E-state index contributed by atoms with van der Waals surface area (Å²) in [5.74, 6) is 1.08. The summed E-state index contributed by atoms with van der Waals surface area (Å²) < 4.78 is 11.9. The number of hydrogen-bond acceptors (Lipinski definition) is 7. The van der Waals surface area contributed by atoms with Crippen molar-refractivity contribution in [2.24, 2.45) is 0 Å². The summed E-state index contributed by atoms with van der Waals surface area (Å²) in [6, 6.07) is 24.3. The predicted molar refractivity (Wildman–Crippen MR) is 164 cm³/mol. The highest BCUT2D eigenvalue weighted by atomic mass is 32.1. The van der Waals surface area contributed by atoms with E-state index in [0.29, 0.717) is 11.5 Å². The number of hydrogen-bond donors (Lipinski definition) is 1. The van der Waals surface area contributed by atoms with Gasteiger partial charge >= 0.3 is 0 Å². The fourth-order valence-corrected chi connectivity index (χ4v) is 7.41. The average Bonchev–Trinajstić information content (AvgIpc) is 3.56. The fraction of sp³-hybridized carbons (Fsp3) is 0.188. The zero-order valence-electron chi connectivity index (χ0n) is 22.3. The van der Waals surface area contributed by atoms with Gasteiger partial charge in [0.2, 0.25) is 5.91 Å². The molecule has 0 fully saturated rings. The first-order valence-electron chi connectivity index (χ1n) is 13.1. The minimum absolute atomic E-state index is 0.183. The lowest BCUT2D eigenvalue weighted by Crippen LogP contribution is -2.29. The van der Waals surface area contributed by atoms with E-state index >= 15 is 0 Å². The number of carbonyl (C=O) groups is 1. The van der Waals surface area contributed by atoms with Crippen LogP contribution in [0.15, 0.2) is 78.9 Å². The molecule has 3 aromatic carbocycles. The van der Waals surface area contributed by atoms with Crippen molar-refractivity contribution >= 4 is 49.9 Å². The molecular weight excluding hydrogens is 539 g/mol. The van der Waals surface area contributed by atoms with Crippen molar-refractivity contribution in [3.05, 3.63) is 100 Å². The number of para-hydroxylation sites is 1. The molecule has 0 spiro atoms.